The Hall–Kier alpha value is -2.47. The predicted molar refractivity (Wildman–Crippen MR) is 98.3 cm³/mol. The number of nitrogens with zero attached hydrogens (tertiary/aromatic N) is 2. The molecule has 0 aliphatic carbocycles. The number of ether oxygens (including phenoxy) is 1. The highest BCUT2D eigenvalue weighted by Crippen LogP contribution is 2.40. The van der Waals surface area contributed by atoms with E-state index in [9.17, 15) is 14.0 Å². The van der Waals surface area contributed by atoms with Gasteiger partial charge in [0.1, 0.15) is 11.5 Å². The summed E-state index contributed by atoms with van der Waals surface area (Å²) >= 11 is 0. The summed E-state index contributed by atoms with van der Waals surface area (Å²) in [6.45, 7) is 2.97. The number of halogens is 1. The molecule has 0 unspecified atom stereocenters. The Labute approximate surface area is 157 Å². The molecule has 0 atom stereocenters. The van der Waals surface area contributed by atoms with Gasteiger partial charge in [0.25, 0.3) is 5.91 Å². The van der Waals surface area contributed by atoms with Crippen molar-refractivity contribution in [1.82, 2.24) is 9.47 Å². The van der Waals surface area contributed by atoms with Gasteiger partial charge in [-0.15, -0.1) is 0 Å². The largest absolute Gasteiger partial charge is 0.381 e. The number of carbonyl (C=O) groups excluding carboxylic acids is 2. The second-order valence-electron chi connectivity index (χ2n) is 7.62. The van der Waals surface area contributed by atoms with E-state index in [0.29, 0.717) is 11.3 Å². The van der Waals surface area contributed by atoms with Crippen LogP contribution in [0.5, 0.6) is 0 Å². The third-order valence-corrected chi connectivity index (χ3v) is 5.88. The lowest BCUT2D eigenvalue weighted by molar-refractivity contribution is 0.0190. The van der Waals surface area contributed by atoms with Gasteiger partial charge in [0.2, 0.25) is 0 Å². The van der Waals surface area contributed by atoms with Crippen LogP contribution in [0.15, 0.2) is 36.5 Å². The number of hydrogen-bond donors (Lipinski definition) is 0. The summed E-state index contributed by atoms with van der Waals surface area (Å²) in [6, 6.07) is 7.47. The van der Waals surface area contributed by atoms with Crippen LogP contribution in [0, 0.1) is 11.2 Å². The number of carbonyl (C=O) groups is 2. The van der Waals surface area contributed by atoms with Gasteiger partial charge >= 0.3 is 0 Å². The molecule has 3 heterocycles. The van der Waals surface area contributed by atoms with Crippen LogP contribution in [0.2, 0.25) is 0 Å². The van der Waals surface area contributed by atoms with E-state index in [1.807, 2.05) is 4.90 Å². The Morgan fingerprint density at radius 1 is 1.15 bits per heavy atom. The molecular formula is C21H23FN2O3. The number of aryl methyl sites for hydroxylation is 1. The molecule has 2 aliphatic rings. The number of amides is 1. The molecule has 2 saturated heterocycles. The van der Waals surface area contributed by atoms with Crippen LogP contribution in [0.4, 0.5) is 4.39 Å². The smallest absolute Gasteiger partial charge is 0.270 e. The summed E-state index contributed by atoms with van der Waals surface area (Å²) in [5, 5.41) is 0. The van der Waals surface area contributed by atoms with E-state index in [1.165, 1.54) is 12.1 Å². The van der Waals surface area contributed by atoms with Crippen molar-refractivity contribution in [3.8, 4) is 0 Å². The van der Waals surface area contributed by atoms with Crippen LogP contribution >= 0.6 is 0 Å². The molecule has 1 spiro atoms. The van der Waals surface area contributed by atoms with Crippen molar-refractivity contribution < 1.29 is 18.7 Å². The van der Waals surface area contributed by atoms with Gasteiger partial charge in [0.05, 0.1) is 5.56 Å². The number of rotatable bonds is 3. The molecule has 5 nitrogen and oxygen atoms in total. The molecule has 0 radical (unpaired) electrons. The zero-order valence-corrected chi connectivity index (χ0v) is 15.4. The van der Waals surface area contributed by atoms with E-state index in [-0.39, 0.29) is 16.9 Å². The molecule has 1 aromatic heterocycles. The van der Waals surface area contributed by atoms with Crippen LogP contribution in [-0.4, -0.2) is 47.5 Å². The normalized spacial score (nSPS) is 18.8. The van der Waals surface area contributed by atoms with Crippen molar-refractivity contribution in [3.63, 3.8) is 0 Å². The number of hydrogen-bond acceptors (Lipinski definition) is 3. The fraction of sp³-hybridized carbons (Fsp3) is 0.429. The monoisotopic (exact) mass is 370 g/mol. The fourth-order valence-electron chi connectivity index (χ4n) is 4.19. The van der Waals surface area contributed by atoms with Crippen LogP contribution < -0.4 is 0 Å². The minimum atomic E-state index is -0.555. The van der Waals surface area contributed by atoms with Crippen LogP contribution in [0.25, 0.3) is 0 Å². The maximum atomic E-state index is 13.9. The third-order valence-electron chi connectivity index (χ3n) is 5.88. The highest BCUT2D eigenvalue weighted by atomic mass is 19.1. The summed E-state index contributed by atoms with van der Waals surface area (Å²) in [5.74, 6) is -1.04. The van der Waals surface area contributed by atoms with Gasteiger partial charge in [-0.05, 0) is 42.9 Å². The van der Waals surface area contributed by atoms with Crippen LogP contribution in [0.3, 0.4) is 0 Å². The molecule has 0 saturated carbocycles. The summed E-state index contributed by atoms with van der Waals surface area (Å²) in [7, 11) is 1.74. The van der Waals surface area contributed by atoms with E-state index in [2.05, 4.69) is 0 Å². The van der Waals surface area contributed by atoms with Gasteiger partial charge in [-0.1, -0.05) is 12.1 Å². The SMILES string of the molecule is Cn1cc(C(=O)c2ccccc2F)cc1C(=O)N1CCC2(CCOCC2)C1. The Balaban J connectivity index is 1.54. The van der Waals surface area contributed by atoms with E-state index >= 15 is 0 Å². The number of likely N-dealkylation sites (tertiary alicyclic amines) is 1. The van der Waals surface area contributed by atoms with Crippen molar-refractivity contribution in [2.45, 2.75) is 19.3 Å². The molecule has 0 N–H and O–H groups in total. The highest BCUT2D eigenvalue weighted by molar-refractivity contribution is 6.10. The van der Waals surface area contributed by atoms with Crippen molar-refractivity contribution in [2.24, 2.45) is 12.5 Å². The number of ketones is 1. The molecule has 2 fully saturated rings. The Bertz CT molecular complexity index is 883. The molecule has 6 heteroatoms. The first-order valence-electron chi connectivity index (χ1n) is 9.32. The molecule has 2 aliphatic heterocycles. The van der Waals surface area contributed by atoms with Gasteiger partial charge in [0.15, 0.2) is 5.78 Å². The predicted octanol–water partition coefficient (Wildman–Crippen LogP) is 3.04. The van der Waals surface area contributed by atoms with E-state index in [1.54, 1.807) is 36.0 Å². The average molecular weight is 370 g/mol. The number of benzene rings is 1. The second kappa shape index (κ2) is 6.93. The fourth-order valence-corrected chi connectivity index (χ4v) is 4.19. The minimum absolute atomic E-state index is 0.0180. The van der Waals surface area contributed by atoms with Crippen molar-refractivity contribution >= 4 is 11.7 Å². The summed E-state index contributed by atoms with van der Waals surface area (Å²) in [6.07, 6.45) is 4.57. The molecule has 0 bridgehead atoms. The van der Waals surface area contributed by atoms with Crippen LogP contribution in [-0.2, 0) is 11.8 Å². The first-order valence-corrected chi connectivity index (χ1v) is 9.32. The maximum Gasteiger partial charge on any atom is 0.270 e. The lowest BCUT2D eigenvalue weighted by atomic mass is 9.80. The lowest BCUT2D eigenvalue weighted by Gasteiger charge is -2.33. The summed E-state index contributed by atoms with van der Waals surface area (Å²) in [4.78, 5) is 27.5. The lowest BCUT2D eigenvalue weighted by Crippen LogP contribution is -2.36. The number of aromatic nitrogens is 1. The minimum Gasteiger partial charge on any atom is -0.381 e. The zero-order chi connectivity index (χ0) is 19.0. The molecule has 142 valence electrons. The van der Waals surface area contributed by atoms with E-state index in [4.69, 9.17) is 4.74 Å². The van der Waals surface area contributed by atoms with Gasteiger partial charge in [-0.3, -0.25) is 9.59 Å². The maximum absolute atomic E-state index is 13.9. The molecule has 1 amide bonds. The first-order chi connectivity index (χ1) is 13.0. The summed E-state index contributed by atoms with van der Waals surface area (Å²) < 4.78 is 21.0. The quantitative estimate of drug-likeness (QED) is 0.781. The average Bonchev–Trinajstić information content (AvgIpc) is 3.26. The van der Waals surface area contributed by atoms with Crippen LogP contribution in [0.1, 0.15) is 45.7 Å². The van der Waals surface area contributed by atoms with Crippen molar-refractivity contribution in [2.75, 3.05) is 26.3 Å². The van der Waals surface area contributed by atoms with Crippen molar-refractivity contribution in [3.05, 3.63) is 59.2 Å². The van der Waals surface area contributed by atoms with E-state index in [0.717, 1.165) is 45.6 Å². The van der Waals surface area contributed by atoms with Gasteiger partial charge in [-0.2, -0.15) is 0 Å². The van der Waals surface area contributed by atoms with Crippen molar-refractivity contribution in [1.29, 1.82) is 0 Å². The first kappa shape index (κ1) is 17.9. The van der Waals surface area contributed by atoms with E-state index < -0.39 is 11.6 Å². The molecule has 4 rings (SSSR count). The highest BCUT2D eigenvalue weighted by Gasteiger charge is 2.41. The standard InChI is InChI=1S/C21H23FN2O3/c1-23-13-15(19(25)16-4-2-3-5-17(16)22)12-18(23)20(26)24-9-6-21(14-24)7-10-27-11-8-21/h2-5,12-13H,6-11,14H2,1H3. The topological polar surface area (TPSA) is 51.5 Å². The van der Waals surface area contributed by atoms with Gasteiger partial charge in [-0.25, -0.2) is 4.39 Å². The Kier molecular flexibility index (Phi) is 4.60. The Morgan fingerprint density at radius 2 is 1.89 bits per heavy atom. The molecule has 2 aromatic rings. The molecular weight excluding hydrogens is 347 g/mol. The van der Waals surface area contributed by atoms with Gasteiger partial charge in [0, 0.05) is 45.1 Å². The molecule has 27 heavy (non-hydrogen) atoms. The Morgan fingerprint density at radius 3 is 2.63 bits per heavy atom. The third kappa shape index (κ3) is 3.30. The zero-order valence-electron chi connectivity index (χ0n) is 15.4. The van der Waals surface area contributed by atoms with Gasteiger partial charge < -0.3 is 14.2 Å². The molecule has 1 aromatic carbocycles. The summed E-state index contributed by atoms with van der Waals surface area (Å²) in [5.41, 5.74) is 0.972. The second-order valence-corrected chi connectivity index (χ2v) is 7.62.